The average Bonchev–Trinajstić information content (AvgIpc) is 2.57. The van der Waals surface area contributed by atoms with Gasteiger partial charge in [-0.2, -0.15) is 0 Å². The van der Waals surface area contributed by atoms with Gasteiger partial charge in [-0.25, -0.2) is 0 Å². The summed E-state index contributed by atoms with van der Waals surface area (Å²) in [6.45, 7) is 0. The van der Waals surface area contributed by atoms with Gasteiger partial charge in [0, 0.05) is 23.1 Å². The van der Waals surface area contributed by atoms with Crippen LogP contribution >= 0.6 is 23.4 Å². The molecule has 0 heterocycles. The van der Waals surface area contributed by atoms with Gasteiger partial charge in [-0.3, -0.25) is 4.79 Å². The molecule has 0 aliphatic rings. The summed E-state index contributed by atoms with van der Waals surface area (Å²) < 4.78 is 10.4. The van der Waals surface area contributed by atoms with E-state index >= 15 is 0 Å². The Balaban J connectivity index is 1.89. The molecule has 2 aromatic rings. The third kappa shape index (κ3) is 5.08. The normalized spacial score (nSPS) is 10.2. The first-order valence-corrected chi connectivity index (χ1v) is 8.39. The van der Waals surface area contributed by atoms with E-state index in [2.05, 4.69) is 5.32 Å². The van der Waals surface area contributed by atoms with Crippen LogP contribution in [0.15, 0.2) is 47.4 Å². The topological polar surface area (TPSA) is 47.6 Å². The summed E-state index contributed by atoms with van der Waals surface area (Å²) in [4.78, 5) is 13.0. The lowest BCUT2D eigenvalue weighted by Crippen LogP contribution is -2.13. The maximum absolute atomic E-state index is 12.1. The van der Waals surface area contributed by atoms with Gasteiger partial charge in [0.25, 0.3) is 0 Å². The Morgan fingerprint density at radius 2 is 1.96 bits per heavy atom. The van der Waals surface area contributed by atoms with Gasteiger partial charge in [-0.05, 0) is 24.3 Å². The molecule has 0 bridgehead atoms. The monoisotopic (exact) mass is 351 g/mol. The fourth-order valence-electron chi connectivity index (χ4n) is 1.93. The van der Waals surface area contributed by atoms with Crippen LogP contribution in [0.3, 0.4) is 0 Å². The van der Waals surface area contributed by atoms with Crippen LogP contribution in [0.5, 0.6) is 11.5 Å². The van der Waals surface area contributed by atoms with Gasteiger partial charge in [0.2, 0.25) is 5.91 Å². The molecule has 2 aromatic carbocycles. The molecular weight excluding hydrogens is 334 g/mol. The minimum absolute atomic E-state index is 0.0759. The van der Waals surface area contributed by atoms with Crippen molar-refractivity contribution < 1.29 is 14.3 Å². The number of hydrogen-bond acceptors (Lipinski definition) is 4. The van der Waals surface area contributed by atoms with E-state index in [0.29, 0.717) is 34.4 Å². The van der Waals surface area contributed by atoms with E-state index in [1.165, 1.54) is 0 Å². The molecular formula is C17H18ClNO3S. The molecule has 1 N–H and O–H groups in total. The highest BCUT2D eigenvalue weighted by Crippen LogP contribution is 2.30. The van der Waals surface area contributed by atoms with Crippen LogP contribution in [0.4, 0.5) is 5.69 Å². The zero-order chi connectivity index (χ0) is 16.7. The van der Waals surface area contributed by atoms with Gasteiger partial charge < -0.3 is 14.8 Å². The van der Waals surface area contributed by atoms with Crippen molar-refractivity contribution >= 4 is 35.0 Å². The highest BCUT2D eigenvalue weighted by Gasteiger charge is 2.09. The molecule has 0 aliphatic carbocycles. The van der Waals surface area contributed by atoms with E-state index in [9.17, 15) is 4.79 Å². The van der Waals surface area contributed by atoms with Crippen LogP contribution in [0, 0.1) is 0 Å². The predicted molar refractivity (Wildman–Crippen MR) is 95.0 cm³/mol. The number of rotatable bonds is 7. The average molecular weight is 352 g/mol. The van der Waals surface area contributed by atoms with Crippen LogP contribution in [-0.4, -0.2) is 25.9 Å². The number of methoxy groups -OCH3 is 2. The number of carbonyl (C=O) groups excluding carboxylic acids is 1. The first-order chi connectivity index (χ1) is 11.1. The summed E-state index contributed by atoms with van der Waals surface area (Å²) >= 11 is 7.65. The Kier molecular flexibility index (Phi) is 6.62. The summed E-state index contributed by atoms with van der Waals surface area (Å²) in [7, 11) is 3.14. The number of ether oxygens (including phenoxy) is 2. The molecule has 0 radical (unpaired) electrons. The van der Waals surface area contributed by atoms with Gasteiger partial charge in [-0.1, -0.05) is 23.7 Å². The van der Waals surface area contributed by atoms with Crippen molar-refractivity contribution in [2.75, 3.05) is 25.3 Å². The second kappa shape index (κ2) is 8.70. The van der Waals surface area contributed by atoms with E-state index in [0.717, 1.165) is 4.90 Å². The fourth-order valence-corrected chi connectivity index (χ4v) is 3.12. The molecule has 0 unspecified atom stereocenters. The van der Waals surface area contributed by atoms with Gasteiger partial charge in [0.15, 0.2) is 0 Å². The number of anilines is 1. The van der Waals surface area contributed by atoms with E-state index in [-0.39, 0.29) is 5.91 Å². The Hall–Kier alpha value is -1.85. The number of carbonyl (C=O) groups is 1. The lowest BCUT2D eigenvalue weighted by Gasteiger charge is -2.11. The van der Waals surface area contributed by atoms with Gasteiger partial charge >= 0.3 is 0 Å². The van der Waals surface area contributed by atoms with Crippen LogP contribution in [0.25, 0.3) is 0 Å². The molecule has 2 rings (SSSR count). The number of nitrogens with one attached hydrogen (secondary N) is 1. The minimum atomic E-state index is -0.0759. The SMILES string of the molecule is COc1ccc(NC(=O)CCSc2ccccc2Cl)c(OC)c1. The van der Waals surface area contributed by atoms with Crippen LogP contribution < -0.4 is 14.8 Å². The van der Waals surface area contributed by atoms with Gasteiger partial charge in [-0.15, -0.1) is 11.8 Å². The highest BCUT2D eigenvalue weighted by molar-refractivity contribution is 7.99. The van der Waals surface area contributed by atoms with Crippen molar-refractivity contribution in [3.63, 3.8) is 0 Å². The van der Waals surface area contributed by atoms with Crippen molar-refractivity contribution in [1.29, 1.82) is 0 Å². The largest absolute Gasteiger partial charge is 0.497 e. The molecule has 1 amide bonds. The molecule has 0 saturated carbocycles. The minimum Gasteiger partial charge on any atom is -0.497 e. The summed E-state index contributed by atoms with van der Waals surface area (Å²) in [5, 5.41) is 3.55. The molecule has 122 valence electrons. The Morgan fingerprint density at radius 1 is 1.17 bits per heavy atom. The van der Waals surface area contributed by atoms with Gasteiger partial charge in [0.1, 0.15) is 11.5 Å². The van der Waals surface area contributed by atoms with Crippen LogP contribution in [0.1, 0.15) is 6.42 Å². The maximum atomic E-state index is 12.1. The molecule has 4 nitrogen and oxygen atoms in total. The number of benzene rings is 2. The first kappa shape index (κ1) is 17.5. The molecule has 0 saturated heterocycles. The Morgan fingerprint density at radius 3 is 2.65 bits per heavy atom. The smallest absolute Gasteiger partial charge is 0.225 e. The molecule has 0 spiro atoms. The molecule has 23 heavy (non-hydrogen) atoms. The standard InChI is InChI=1S/C17H18ClNO3S/c1-21-12-7-8-14(15(11-12)22-2)19-17(20)9-10-23-16-6-4-3-5-13(16)18/h3-8,11H,9-10H2,1-2H3,(H,19,20). The second-order valence-electron chi connectivity index (χ2n) is 4.64. The second-order valence-corrected chi connectivity index (χ2v) is 6.19. The van der Waals surface area contributed by atoms with E-state index in [1.54, 1.807) is 44.2 Å². The van der Waals surface area contributed by atoms with E-state index in [4.69, 9.17) is 21.1 Å². The summed E-state index contributed by atoms with van der Waals surface area (Å²) in [6, 6.07) is 12.9. The third-order valence-corrected chi connectivity index (χ3v) is 4.62. The quantitative estimate of drug-likeness (QED) is 0.747. The summed E-state index contributed by atoms with van der Waals surface area (Å²) in [5.41, 5.74) is 0.626. The van der Waals surface area contributed by atoms with Crippen molar-refractivity contribution in [1.82, 2.24) is 0 Å². The lowest BCUT2D eigenvalue weighted by molar-refractivity contribution is -0.115. The zero-order valence-corrected chi connectivity index (χ0v) is 14.5. The molecule has 0 aliphatic heterocycles. The molecule has 0 aromatic heterocycles. The van der Waals surface area contributed by atoms with Crippen molar-refractivity contribution in [2.45, 2.75) is 11.3 Å². The predicted octanol–water partition coefficient (Wildman–Crippen LogP) is 4.48. The molecule has 0 fully saturated rings. The maximum Gasteiger partial charge on any atom is 0.225 e. The first-order valence-electron chi connectivity index (χ1n) is 7.03. The molecule has 6 heteroatoms. The van der Waals surface area contributed by atoms with E-state index in [1.807, 2.05) is 24.3 Å². The van der Waals surface area contributed by atoms with Crippen molar-refractivity contribution in [3.8, 4) is 11.5 Å². The van der Waals surface area contributed by atoms with Crippen molar-refractivity contribution in [3.05, 3.63) is 47.5 Å². The highest BCUT2D eigenvalue weighted by atomic mass is 35.5. The summed E-state index contributed by atoms with van der Waals surface area (Å²) in [5.74, 6) is 1.81. The zero-order valence-electron chi connectivity index (χ0n) is 13.0. The van der Waals surface area contributed by atoms with Crippen LogP contribution in [0.2, 0.25) is 5.02 Å². The number of hydrogen-bond donors (Lipinski definition) is 1. The van der Waals surface area contributed by atoms with Gasteiger partial charge in [0.05, 0.1) is 24.9 Å². The fraction of sp³-hybridized carbons (Fsp3) is 0.235. The lowest BCUT2D eigenvalue weighted by atomic mass is 10.2. The van der Waals surface area contributed by atoms with Crippen LogP contribution in [-0.2, 0) is 4.79 Å². The number of halogens is 1. The summed E-state index contributed by atoms with van der Waals surface area (Å²) in [6.07, 6.45) is 0.380. The Bertz CT molecular complexity index is 679. The third-order valence-electron chi connectivity index (χ3n) is 3.11. The Labute approximate surface area is 145 Å². The molecule has 0 atom stereocenters. The van der Waals surface area contributed by atoms with Crippen molar-refractivity contribution in [2.24, 2.45) is 0 Å². The number of amides is 1. The number of thioether (sulfide) groups is 1. The van der Waals surface area contributed by atoms with E-state index < -0.39 is 0 Å².